The molecule has 23 heavy (non-hydrogen) atoms. The van der Waals surface area contributed by atoms with Crippen LogP contribution in [-0.2, 0) is 4.79 Å². The van der Waals surface area contributed by atoms with Crippen LogP contribution in [0.2, 0.25) is 5.02 Å². The highest BCUT2D eigenvalue weighted by atomic mass is 79.9. The number of benzene rings is 2. The van der Waals surface area contributed by atoms with Gasteiger partial charge in [-0.2, -0.15) is 5.10 Å². The molecule has 6 heteroatoms. The van der Waals surface area contributed by atoms with Gasteiger partial charge in [-0.3, -0.25) is 4.79 Å². The first kappa shape index (κ1) is 17.2. The Balaban J connectivity index is 1.77. The number of rotatable bonds is 6. The SMILES string of the molecule is O=C(CNc1ccc(Cl)cc1)NN=CC(Br)=Cc1ccccc1. The molecule has 2 aromatic carbocycles. The number of halogens is 2. The van der Waals surface area contributed by atoms with Crippen molar-refractivity contribution in [3.05, 3.63) is 69.7 Å². The molecule has 0 aliphatic heterocycles. The summed E-state index contributed by atoms with van der Waals surface area (Å²) in [6.45, 7) is 0.124. The Bertz CT molecular complexity index is 700. The monoisotopic (exact) mass is 391 g/mol. The van der Waals surface area contributed by atoms with E-state index in [1.807, 2.05) is 36.4 Å². The van der Waals surface area contributed by atoms with Crippen molar-refractivity contribution in [1.29, 1.82) is 0 Å². The molecule has 0 aliphatic rings. The Morgan fingerprint density at radius 2 is 1.83 bits per heavy atom. The van der Waals surface area contributed by atoms with Crippen LogP contribution < -0.4 is 10.7 Å². The van der Waals surface area contributed by atoms with Crippen molar-refractivity contribution in [1.82, 2.24) is 5.43 Å². The van der Waals surface area contributed by atoms with Crippen molar-refractivity contribution in [3.8, 4) is 0 Å². The first-order chi connectivity index (χ1) is 11.1. The van der Waals surface area contributed by atoms with Crippen LogP contribution in [0.3, 0.4) is 0 Å². The predicted molar refractivity (Wildman–Crippen MR) is 99.9 cm³/mol. The van der Waals surface area contributed by atoms with Crippen LogP contribution in [0.15, 0.2) is 64.2 Å². The summed E-state index contributed by atoms with van der Waals surface area (Å²) in [6, 6.07) is 16.9. The lowest BCUT2D eigenvalue weighted by molar-refractivity contribution is -0.119. The highest BCUT2D eigenvalue weighted by Gasteiger charge is 1.99. The molecule has 0 atom stereocenters. The molecule has 0 unspecified atom stereocenters. The summed E-state index contributed by atoms with van der Waals surface area (Å²) in [5, 5.41) is 7.52. The number of carbonyl (C=O) groups excluding carboxylic acids is 1. The van der Waals surface area contributed by atoms with Gasteiger partial charge in [-0.15, -0.1) is 0 Å². The summed E-state index contributed by atoms with van der Waals surface area (Å²) >= 11 is 9.17. The molecular weight excluding hydrogens is 378 g/mol. The van der Waals surface area contributed by atoms with Gasteiger partial charge in [0.2, 0.25) is 0 Å². The minimum Gasteiger partial charge on any atom is -0.376 e. The average molecular weight is 393 g/mol. The zero-order valence-corrected chi connectivity index (χ0v) is 14.5. The minimum absolute atomic E-state index is 0.124. The molecule has 118 valence electrons. The molecule has 0 aliphatic carbocycles. The van der Waals surface area contributed by atoms with Crippen LogP contribution in [0.1, 0.15) is 5.56 Å². The van der Waals surface area contributed by atoms with Crippen LogP contribution in [0.4, 0.5) is 5.69 Å². The maximum Gasteiger partial charge on any atom is 0.259 e. The zero-order chi connectivity index (χ0) is 16.5. The first-order valence-corrected chi connectivity index (χ1v) is 8.04. The molecule has 2 rings (SSSR count). The Hall–Kier alpha value is -2.11. The highest BCUT2D eigenvalue weighted by molar-refractivity contribution is 9.12. The quantitative estimate of drug-likeness (QED) is 0.569. The zero-order valence-electron chi connectivity index (χ0n) is 12.2. The molecule has 0 bridgehead atoms. The number of nitrogens with zero attached hydrogens (tertiary/aromatic N) is 1. The van der Waals surface area contributed by atoms with Crippen molar-refractivity contribution in [3.63, 3.8) is 0 Å². The normalized spacial score (nSPS) is 11.5. The van der Waals surface area contributed by atoms with E-state index in [0.29, 0.717) is 5.02 Å². The van der Waals surface area contributed by atoms with Gasteiger partial charge in [0.1, 0.15) is 0 Å². The van der Waals surface area contributed by atoms with Crippen LogP contribution in [0.25, 0.3) is 6.08 Å². The second kappa shape index (κ2) is 9.12. The lowest BCUT2D eigenvalue weighted by Gasteiger charge is -2.04. The fourth-order valence-corrected chi connectivity index (χ4v) is 2.19. The fraction of sp³-hybridized carbons (Fsp3) is 0.0588. The summed E-state index contributed by atoms with van der Waals surface area (Å²) < 4.78 is 0.759. The summed E-state index contributed by atoms with van der Waals surface area (Å²) in [4.78, 5) is 11.7. The van der Waals surface area contributed by atoms with Gasteiger partial charge in [0.15, 0.2) is 0 Å². The van der Waals surface area contributed by atoms with E-state index in [2.05, 4.69) is 31.8 Å². The van der Waals surface area contributed by atoms with Crippen molar-refractivity contribution in [2.24, 2.45) is 5.10 Å². The third kappa shape index (κ3) is 6.67. The number of allylic oxidation sites excluding steroid dienone is 1. The van der Waals surface area contributed by atoms with Gasteiger partial charge in [0.25, 0.3) is 5.91 Å². The average Bonchev–Trinajstić information content (AvgIpc) is 2.55. The minimum atomic E-state index is -0.240. The van der Waals surface area contributed by atoms with Crippen LogP contribution >= 0.6 is 27.5 Å². The molecule has 0 saturated carbocycles. The topological polar surface area (TPSA) is 53.5 Å². The van der Waals surface area contributed by atoms with E-state index >= 15 is 0 Å². The fourth-order valence-electron chi connectivity index (χ4n) is 1.70. The molecule has 0 aromatic heterocycles. The van der Waals surface area contributed by atoms with Gasteiger partial charge in [-0.25, -0.2) is 5.43 Å². The van der Waals surface area contributed by atoms with Crippen molar-refractivity contribution in [2.75, 3.05) is 11.9 Å². The largest absolute Gasteiger partial charge is 0.376 e. The molecule has 2 N–H and O–H groups in total. The number of hydrazone groups is 1. The summed E-state index contributed by atoms with van der Waals surface area (Å²) in [6.07, 6.45) is 3.44. The molecule has 0 spiro atoms. The second-order valence-electron chi connectivity index (χ2n) is 4.59. The molecule has 0 radical (unpaired) electrons. The van der Waals surface area contributed by atoms with E-state index in [0.717, 1.165) is 15.7 Å². The maximum absolute atomic E-state index is 11.7. The second-order valence-corrected chi connectivity index (χ2v) is 5.95. The third-order valence-electron chi connectivity index (χ3n) is 2.78. The first-order valence-electron chi connectivity index (χ1n) is 6.87. The Kier molecular flexibility index (Phi) is 6.84. The van der Waals surface area contributed by atoms with Crippen LogP contribution in [-0.4, -0.2) is 18.7 Å². The molecule has 0 saturated heterocycles. The number of amides is 1. The standard InChI is InChI=1S/C17H15BrClN3O/c18-14(10-13-4-2-1-3-5-13)11-21-22-17(23)12-20-16-8-6-15(19)7-9-16/h1-11,20H,12H2,(H,22,23). The lowest BCUT2D eigenvalue weighted by Crippen LogP contribution is -2.25. The van der Waals surface area contributed by atoms with Gasteiger partial charge in [-0.1, -0.05) is 41.9 Å². The van der Waals surface area contributed by atoms with Crippen molar-refractivity contribution >= 4 is 51.4 Å². The van der Waals surface area contributed by atoms with E-state index in [1.54, 1.807) is 24.3 Å². The maximum atomic E-state index is 11.7. The number of hydrogen-bond donors (Lipinski definition) is 2. The smallest absolute Gasteiger partial charge is 0.259 e. The predicted octanol–water partition coefficient (Wildman–Crippen LogP) is 4.29. The van der Waals surface area contributed by atoms with Gasteiger partial charge in [0, 0.05) is 15.2 Å². The molecule has 2 aromatic rings. The summed E-state index contributed by atoms with van der Waals surface area (Å²) in [7, 11) is 0. The van der Waals surface area contributed by atoms with Gasteiger partial charge < -0.3 is 5.32 Å². The lowest BCUT2D eigenvalue weighted by atomic mass is 10.2. The number of nitrogens with one attached hydrogen (secondary N) is 2. The molecule has 0 fully saturated rings. The molecule has 4 nitrogen and oxygen atoms in total. The highest BCUT2D eigenvalue weighted by Crippen LogP contribution is 2.13. The Morgan fingerprint density at radius 1 is 1.13 bits per heavy atom. The van der Waals surface area contributed by atoms with Crippen molar-refractivity contribution in [2.45, 2.75) is 0 Å². The number of anilines is 1. The van der Waals surface area contributed by atoms with E-state index in [-0.39, 0.29) is 12.5 Å². The van der Waals surface area contributed by atoms with E-state index in [1.165, 1.54) is 6.21 Å². The Labute approximate surface area is 148 Å². The van der Waals surface area contributed by atoms with E-state index < -0.39 is 0 Å². The molecular formula is C17H15BrClN3O. The molecule has 0 heterocycles. The van der Waals surface area contributed by atoms with Crippen LogP contribution in [0, 0.1) is 0 Å². The Morgan fingerprint density at radius 3 is 2.52 bits per heavy atom. The van der Waals surface area contributed by atoms with Gasteiger partial charge in [-0.05, 0) is 51.8 Å². The number of hydrogen-bond acceptors (Lipinski definition) is 3. The number of carbonyl (C=O) groups is 1. The summed E-state index contributed by atoms with van der Waals surface area (Å²) in [5.74, 6) is -0.240. The van der Waals surface area contributed by atoms with E-state index in [9.17, 15) is 4.79 Å². The van der Waals surface area contributed by atoms with Gasteiger partial charge >= 0.3 is 0 Å². The molecule has 1 amide bonds. The third-order valence-corrected chi connectivity index (χ3v) is 3.46. The van der Waals surface area contributed by atoms with Crippen molar-refractivity contribution < 1.29 is 4.79 Å². The van der Waals surface area contributed by atoms with Crippen LogP contribution in [0.5, 0.6) is 0 Å². The summed E-state index contributed by atoms with van der Waals surface area (Å²) in [5.41, 5.74) is 4.31. The van der Waals surface area contributed by atoms with Gasteiger partial charge in [0.05, 0.1) is 12.8 Å². The van der Waals surface area contributed by atoms with E-state index in [4.69, 9.17) is 11.6 Å².